The van der Waals surface area contributed by atoms with Gasteiger partial charge in [-0.25, -0.2) is 4.79 Å². The Morgan fingerprint density at radius 2 is 2.13 bits per heavy atom. The molecule has 3 fully saturated rings. The maximum atomic E-state index is 12.3. The normalized spacial score (nSPS) is 24.1. The lowest BCUT2D eigenvalue weighted by atomic mass is 9.94. The number of piperidine rings is 1. The number of hydrogen-bond donors (Lipinski definition) is 0. The highest BCUT2D eigenvalue weighted by atomic mass is 16.2. The molecule has 1 aromatic rings. The van der Waals surface area contributed by atoms with Gasteiger partial charge < -0.3 is 9.80 Å². The zero-order chi connectivity index (χ0) is 16.4. The van der Waals surface area contributed by atoms with Crippen molar-refractivity contribution in [2.45, 2.75) is 25.4 Å². The zero-order valence-corrected chi connectivity index (χ0v) is 13.9. The van der Waals surface area contributed by atoms with Crippen molar-refractivity contribution < 1.29 is 4.79 Å². The first-order valence-corrected chi connectivity index (χ1v) is 8.26. The van der Waals surface area contributed by atoms with Crippen LogP contribution in [0.4, 0.5) is 4.79 Å². The molecule has 4 rings (SSSR count). The summed E-state index contributed by atoms with van der Waals surface area (Å²) in [4.78, 5) is 18.5. The van der Waals surface area contributed by atoms with E-state index in [4.69, 9.17) is 5.26 Å². The minimum atomic E-state index is 0.121. The average molecular weight is 312 g/mol. The molecule has 0 aliphatic carbocycles. The monoisotopic (exact) mass is 312 g/mol. The number of rotatable bonds is 2. The van der Waals surface area contributed by atoms with E-state index in [-0.39, 0.29) is 6.03 Å². The van der Waals surface area contributed by atoms with Crippen molar-refractivity contribution in [3.63, 3.8) is 0 Å². The van der Waals surface area contributed by atoms with Crippen LogP contribution in [0.1, 0.15) is 24.0 Å². The van der Waals surface area contributed by atoms with Gasteiger partial charge in [-0.1, -0.05) is 12.1 Å². The van der Waals surface area contributed by atoms with Crippen LogP contribution >= 0.6 is 0 Å². The number of benzene rings is 1. The van der Waals surface area contributed by atoms with Gasteiger partial charge in [0.05, 0.1) is 11.6 Å². The Bertz CT molecular complexity index is 622. The lowest BCUT2D eigenvalue weighted by Crippen LogP contribution is -2.45. The molecule has 3 aliphatic rings. The zero-order valence-electron chi connectivity index (χ0n) is 13.9. The van der Waals surface area contributed by atoms with Crippen LogP contribution in [0.3, 0.4) is 0 Å². The van der Waals surface area contributed by atoms with E-state index in [0.29, 0.717) is 17.5 Å². The van der Waals surface area contributed by atoms with E-state index in [1.54, 1.807) is 4.90 Å². The first-order chi connectivity index (χ1) is 11.1. The van der Waals surface area contributed by atoms with Crippen molar-refractivity contribution in [3.05, 3.63) is 35.4 Å². The summed E-state index contributed by atoms with van der Waals surface area (Å²) in [5.41, 5.74) is 1.90. The molecule has 3 heterocycles. The van der Waals surface area contributed by atoms with Crippen molar-refractivity contribution >= 4 is 6.03 Å². The number of carbonyl (C=O) groups is 1. The Morgan fingerprint density at radius 1 is 1.30 bits per heavy atom. The van der Waals surface area contributed by atoms with E-state index in [1.807, 2.05) is 37.2 Å². The number of carbonyl (C=O) groups excluding carboxylic acids is 1. The quantitative estimate of drug-likeness (QED) is 0.840. The third kappa shape index (κ3) is 3.48. The molecule has 1 aromatic carbocycles. The molecule has 5 nitrogen and oxygen atoms in total. The molecule has 3 saturated heterocycles. The van der Waals surface area contributed by atoms with Crippen LogP contribution in [0.25, 0.3) is 0 Å². The highest BCUT2D eigenvalue weighted by molar-refractivity contribution is 5.74. The summed E-state index contributed by atoms with van der Waals surface area (Å²) in [6, 6.07) is 10.6. The first kappa shape index (κ1) is 15.8. The third-order valence-electron chi connectivity index (χ3n) is 4.92. The molecule has 0 unspecified atom stereocenters. The van der Waals surface area contributed by atoms with Gasteiger partial charge >= 0.3 is 6.03 Å². The van der Waals surface area contributed by atoms with Gasteiger partial charge in [0.15, 0.2) is 0 Å². The highest BCUT2D eigenvalue weighted by Crippen LogP contribution is 2.29. The molecule has 0 N–H and O–H groups in total. The van der Waals surface area contributed by atoms with E-state index in [2.05, 4.69) is 17.0 Å². The summed E-state index contributed by atoms with van der Waals surface area (Å²) < 4.78 is 0. The third-order valence-corrected chi connectivity index (χ3v) is 4.92. The number of amides is 2. The number of urea groups is 1. The minimum Gasteiger partial charge on any atom is -0.331 e. The lowest BCUT2D eigenvalue weighted by molar-refractivity contribution is 0.123. The van der Waals surface area contributed by atoms with Crippen LogP contribution in [0, 0.1) is 17.2 Å². The Morgan fingerprint density at radius 3 is 2.87 bits per heavy atom. The molecule has 0 aromatic heterocycles. The molecular weight excluding hydrogens is 288 g/mol. The van der Waals surface area contributed by atoms with Crippen molar-refractivity contribution in [2.24, 2.45) is 5.92 Å². The summed E-state index contributed by atoms with van der Waals surface area (Å²) in [5.74, 6) is 0.553. The van der Waals surface area contributed by atoms with E-state index in [9.17, 15) is 4.79 Å². The van der Waals surface area contributed by atoms with E-state index in [0.717, 1.165) is 32.6 Å². The van der Waals surface area contributed by atoms with E-state index >= 15 is 0 Å². The Kier molecular flexibility index (Phi) is 4.53. The molecular formula is C18H24N4O. The van der Waals surface area contributed by atoms with Crippen LogP contribution < -0.4 is 0 Å². The molecule has 0 saturated carbocycles. The van der Waals surface area contributed by atoms with Gasteiger partial charge in [0.1, 0.15) is 0 Å². The van der Waals surface area contributed by atoms with Gasteiger partial charge in [-0.15, -0.1) is 0 Å². The van der Waals surface area contributed by atoms with Crippen molar-refractivity contribution in [1.82, 2.24) is 14.7 Å². The highest BCUT2D eigenvalue weighted by Gasteiger charge is 2.36. The number of fused-ring (bicyclic) bond motifs is 4. The van der Waals surface area contributed by atoms with Gasteiger partial charge in [-0.05, 0) is 36.5 Å². The molecule has 122 valence electrons. The van der Waals surface area contributed by atoms with Gasteiger partial charge in [0.25, 0.3) is 0 Å². The molecule has 23 heavy (non-hydrogen) atoms. The predicted octanol–water partition coefficient (Wildman–Crippen LogP) is 2.14. The Hall–Kier alpha value is -2.06. The smallest absolute Gasteiger partial charge is 0.319 e. The molecule has 0 radical (unpaired) electrons. The van der Waals surface area contributed by atoms with Crippen LogP contribution in [-0.4, -0.2) is 60.5 Å². The molecule has 2 atom stereocenters. The summed E-state index contributed by atoms with van der Waals surface area (Å²) in [6.45, 7) is 3.58. The number of nitrogens with zero attached hydrogens (tertiary/aromatic N) is 4. The maximum Gasteiger partial charge on any atom is 0.319 e. The molecule has 0 spiro atoms. The van der Waals surface area contributed by atoms with Gasteiger partial charge in [0, 0.05) is 46.3 Å². The first-order valence-electron chi connectivity index (χ1n) is 8.26. The number of hydrogen-bond acceptors (Lipinski definition) is 3. The fourth-order valence-electron chi connectivity index (χ4n) is 3.79. The van der Waals surface area contributed by atoms with Crippen LogP contribution in [0.5, 0.6) is 0 Å². The summed E-state index contributed by atoms with van der Waals surface area (Å²) >= 11 is 0. The second-order valence-corrected chi connectivity index (χ2v) is 6.92. The molecule has 3 aliphatic heterocycles. The van der Waals surface area contributed by atoms with Gasteiger partial charge in [-0.3, -0.25) is 4.90 Å². The second kappa shape index (κ2) is 6.59. The fraction of sp³-hybridized carbons (Fsp3) is 0.556. The second-order valence-electron chi connectivity index (χ2n) is 6.92. The van der Waals surface area contributed by atoms with E-state index in [1.165, 1.54) is 12.0 Å². The van der Waals surface area contributed by atoms with Gasteiger partial charge in [-0.2, -0.15) is 5.26 Å². The topological polar surface area (TPSA) is 50.6 Å². The van der Waals surface area contributed by atoms with Crippen LogP contribution in [0.15, 0.2) is 24.3 Å². The lowest BCUT2D eigenvalue weighted by Gasteiger charge is -2.36. The SMILES string of the molecule is CN(C)C(=O)N1C[C@H]2CC[C@@H](C1)N(Cc1cccc(C#N)c1)C2. The number of nitriles is 1. The Labute approximate surface area is 138 Å². The van der Waals surface area contributed by atoms with Crippen molar-refractivity contribution in [2.75, 3.05) is 33.7 Å². The molecule has 2 bridgehead atoms. The van der Waals surface area contributed by atoms with Gasteiger partial charge in [0.2, 0.25) is 0 Å². The maximum absolute atomic E-state index is 12.3. The summed E-state index contributed by atoms with van der Waals surface area (Å²) in [6.07, 6.45) is 2.36. The summed E-state index contributed by atoms with van der Waals surface area (Å²) in [7, 11) is 3.64. The van der Waals surface area contributed by atoms with Crippen LogP contribution in [0.2, 0.25) is 0 Å². The van der Waals surface area contributed by atoms with Crippen molar-refractivity contribution in [3.8, 4) is 6.07 Å². The predicted molar refractivity (Wildman–Crippen MR) is 88.7 cm³/mol. The Balaban J connectivity index is 1.73. The van der Waals surface area contributed by atoms with Crippen molar-refractivity contribution in [1.29, 1.82) is 5.26 Å². The average Bonchev–Trinajstić information content (AvgIpc) is 2.86. The molecule has 5 heteroatoms. The van der Waals surface area contributed by atoms with Crippen LogP contribution in [-0.2, 0) is 6.54 Å². The largest absolute Gasteiger partial charge is 0.331 e. The van der Waals surface area contributed by atoms with E-state index < -0.39 is 0 Å². The summed E-state index contributed by atoms with van der Waals surface area (Å²) in [5, 5.41) is 9.05. The minimum absolute atomic E-state index is 0.121. The fourth-order valence-corrected chi connectivity index (χ4v) is 3.79. The molecule has 2 amide bonds. The standard InChI is InChI=1S/C18H24N4O/c1-20(2)18(23)22-12-16-6-7-17(13-22)21(11-16)10-15-5-3-4-14(8-15)9-19/h3-5,8,16-17H,6-7,10-13H2,1-2H3/t16-,17-/m0/s1.